The second kappa shape index (κ2) is 37.8. The number of benzene rings is 4. The molecule has 0 aliphatic carbocycles. The molecule has 0 saturated carbocycles. The Kier molecular flexibility index (Phi) is 32.7. The van der Waals surface area contributed by atoms with Crippen molar-refractivity contribution in [2.45, 2.75) is 120 Å². The molecule has 2 aromatic heterocycles. The number of nitrogens with one attached hydrogen (secondary N) is 1. The molecule has 0 fully saturated rings. The maximum atomic E-state index is 12.9. The van der Waals surface area contributed by atoms with E-state index < -0.39 is 15.2 Å². The molecule has 4 aromatic carbocycles. The molecule has 468 valence electrons. The zero-order valence-electron chi connectivity index (χ0n) is 52.8. The van der Waals surface area contributed by atoms with E-state index in [1.807, 2.05) is 53.9 Å². The number of pyridine rings is 2. The van der Waals surface area contributed by atoms with E-state index in [2.05, 4.69) is 171 Å². The van der Waals surface area contributed by atoms with Crippen molar-refractivity contribution in [2.24, 2.45) is 0 Å². The molecule has 7 rings (SSSR count). The van der Waals surface area contributed by atoms with Crippen molar-refractivity contribution in [1.29, 1.82) is 0 Å². The van der Waals surface area contributed by atoms with Crippen molar-refractivity contribution < 1.29 is 45.9 Å². The van der Waals surface area contributed by atoms with Crippen LogP contribution in [0.25, 0.3) is 46.1 Å². The number of anilines is 2. The van der Waals surface area contributed by atoms with Gasteiger partial charge >= 0.3 is 15.2 Å². The number of nitrogens with zero attached hydrogens (tertiary/aromatic N) is 5. The summed E-state index contributed by atoms with van der Waals surface area (Å²) in [6.07, 6.45) is 17.7. The van der Waals surface area contributed by atoms with Crippen LogP contribution in [0.5, 0.6) is 5.75 Å². The molecule has 1 aliphatic rings. The van der Waals surface area contributed by atoms with E-state index in [0.717, 1.165) is 104 Å². The van der Waals surface area contributed by atoms with Crippen LogP contribution in [0.4, 0.5) is 11.4 Å². The van der Waals surface area contributed by atoms with Gasteiger partial charge in [0.15, 0.2) is 6.20 Å². The first-order valence-corrected chi connectivity index (χ1v) is 33.3. The zero-order chi connectivity index (χ0) is 58.9. The Morgan fingerprint density at radius 2 is 1.35 bits per heavy atom. The minimum absolute atomic E-state index is 0. The van der Waals surface area contributed by atoms with Gasteiger partial charge < -0.3 is 57.7 Å². The third kappa shape index (κ3) is 22.5. The number of para-hydroxylation sites is 1. The number of aryl methyl sites for hydroxylation is 3. The quantitative estimate of drug-likeness (QED) is 0.0246. The van der Waals surface area contributed by atoms with E-state index >= 15 is 0 Å². The first kappa shape index (κ1) is 73.6. The summed E-state index contributed by atoms with van der Waals surface area (Å²) in [4.78, 5) is 19.7. The smallest absolute Gasteiger partial charge is 0.330 e. The molecule has 1 N–H and O–H groups in total. The third-order valence-electron chi connectivity index (χ3n) is 14.8. The molecule has 14 nitrogen and oxygen atoms in total. The molecule has 85 heavy (non-hydrogen) atoms. The highest BCUT2D eigenvalue weighted by Crippen LogP contribution is 2.49. The van der Waals surface area contributed by atoms with Crippen LogP contribution in [-0.4, -0.2) is 110 Å². The van der Waals surface area contributed by atoms with Crippen molar-refractivity contribution in [2.75, 3.05) is 102 Å². The predicted molar refractivity (Wildman–Crippen MR) is 360 cm³/mol. The van der Waals surface area contributed by atoms with Crippen LogP contribution in [0.15, 0.2) is 109 Å². The highest BCUT2D eigenvalue weighted by Gasteiger charge is 2.26. The van der Waals surface area contributed by atoms with Gasteiger partial charge in [-0.15, -0.1) is 0 Å². The summed E-state index contributed by atoms with van der Waals surface area (Å²) in [5, 5.41) is 5.48. The van der Waals surface area contributed by atoms with Crippen molar-refractivity contribution >= 4 is 78.6 Å². The largest absolute Gasteiger partial charge is 0.497 e. The van der Waals surface area contributed by atoms with E-state index in [4.69, 9.17) is 22.8 Å². The minimum Gasteiger partial charge on any atom is -0.497 e. The summed E-state index contributed by atoms with van der Waals surface area (Å²) >= 11 is 0. The van der Waals surface area contributed by atoms with Crippen molar-refractivity contribution in [1.82, 2.24) is 10.2 Å². The van der Waals surface area contributed by atoms with Crippen molar-refractivity contribution in [3.63, 3.8) is 0 Å². The fourth-order valence-electron chi connectivity index (χ4n) is 10.6. The molecule has 1 aliphatic heterocycles. The first-order valence-electron chi connectivity index (χ1n) is 29.9. The second-order valence-electron chi connectivity index (χ2n) is 20.9. The third-order valence-corrected chi connectivity index (χ3v) is 19.2. The molecular weight excluding hydrogens is 1100 g/mol. The Balaban J connectivity index is 0.000000453. The Morgan fingerprint density at radius 3 is 1.99 bits per heavy atom. The Morgan fingerprint density at radius 1 is 0.718 bits per heavy atom. The van der Waals surface area contributed by atoms with E-state index in [9.17, 15) is 13.9 Å². The Labute approximate surface area is 512 Å². The van der Waals surface area contributed by atoms with Gasteiger partial charge in [0.2, 0.25) is 22.6 Å². The summed E-state index contributed by atoms with van der Waals surface area (Å²) in [5.74, 6) is 0.963. The van der Waals surface area contributed by atoms with Crippen LogP contribution in [0.1, 0.15) is 122 Å². The molecule has 16 heteroatoms. The fraction of sp³-hybridized carbons (Fsp3) is 0.464. The van der Waals surface area contributed by atoms with Crippen molar-refractivity contribution in [3.05, 3.63) is 152 Å². The molecule has 6 aromatic rings. The molecule has 0 bridgehead atoms. The highest BCUT2D eigenvalue weighted by molar-refractivity contribution is 7.54. The SMILES string of the molecule is C.CCOP(=O)(CCC[n+]1c(C=Cc2ccc(N(C)C)cc2)ccc2cc(OC)ccc21)OCC.CCOP(=O)(CCC[n+]1ccc(C=Cc2ccc3c(c2)CCCN3CCC(=O)NC(C)CCCN(CC)CC)c2ccccc21)OCC.[CH3-].[CH3-]. The molecule has 1 amide bonds. The molecule has 0 spiro atoms. The van der Waals surface area contributed by atoms with Gasteiger partial charge in [-0.2, -0.15) is 9.13 Å². The van der Waals surface area contributed by atoms with Gasteiger partial charge in [0.05, 0.1) is 56.6 Å². The van der Waals surface area contributed by atoms with Crippen LogP contribution >= 0.6 is 15.2 Å². The van der Waals surface area contributed by atoms with E-state index in [0.29, 0.717) is 64.6 Å². The van der Waals surface area contributed by atoms with Gasteiger partial charge in [0, 0.05) is 94.2 Å². The summed E-state index contributed by atoms with van der Waals surface area (Å²) in [6, 6.07) is 36.2. The maximum absolute atomic E-state index is 12.9. The maximum Gasteiger partial charge on any atom is 0.330 e. The standard InChI is InChI=1S/C39H57N4O4P.C27H36N2O4P.CH4.2CH3/c1-6-41(7-2)25-12-15-32(5)40-39(44)24-29-42-26-13-16-35-31-33(20-22-37(35)42)19-21-34-23-28-43(38-18-11-10-17-36(34)38)27-14-30-48(45,46-8-3)47-9-4;1-6-32-34(30,33-7-2)20-8-19-29-25(15-11-22-9-13-24(14-10-22)28(3)4)16-12-23-21-26(31-5)17-18-27(23)29;;;/h10-11,17-23,28,31-32H,6-9,12-16,24-27,29-30H2,1-5H3;9-18,21H,6-8,19-20H2,1-5H3;1H4;2*1H3/q;+1;;2*-1/p+1. The summed E-state index contributed by atoms with van der Waals surface area (Å²) < 4.78 is 57.6. The summed E-state index contributed by atoms with van der Waals surface area (Å²) in [5.41, 5.74) is 10.5. The van der Waals surface area contributed by atoms with Gasteiger partial charge in [-0.1, -0.05) is 63.8 Å². The molecular formula is C69H104N6O8P2. The normalized spacial score (nSPS) is 12.8. The zero-order valence-corrected chi connectivity index (χ0v) is 54.6. The Hall–Kier alpha value is -5.69. The lowest BCUT2D eigenvalue weighted by molar-refractivity contribution is -0.673. The van der Waals surface area contributed by atoms with Crippen molar-refractivity contribution in [3.8, 4) is 5.75 Å². The average molecular weight is 1210 g/mol. The number of rotatable bonds is 32. The topological polar surface area (TPSA) is 127 Å². The van der Waals surface area contributed by atoms with Crippen LogP contribution in [0, 0.1) is 14.9 Å². The van der Waals surface area contributed by atoms with E-state index in [-0.39, 0.29) is 34.2 Å². The number of ether oxygens (including phenoxy) is 1. The number of hydrogen-bond donors (Lipinski definition) is 1. The lowest BCUT2D eigenvalue weighted by atomic mass is 9.98. The lowest BCUT2D eigenvalue weighted by Crippen LogP contribution is -2.38. The molecule has 3 heterocycles. The number of amides is 1. The first-order chi connectivity index (χ1) is 39.7. The van der Waals surface area contributed by atoms with Crippen LogP contribution in [-0.2, 0) is 51.5 Å². The monoisotopic (exact) mass is 1210 g/mol. The molecule has 0 radical (unpaired) electrons. The van der Waals surface area contributed by atoms with Gasteiger partial charge in [-0.3, -0.25) is 13.9 Å². The van der Waals surface area contributed by atoms with Crippen LogP contribution in [0.3, 0.4) is 0 Å². The van der Waals surface area contributed by atoms with E-state index in [1.165, 1.54) is 27.9 Å². The van der Waals surface area contributed by atoms with Gasteiger partial charge in [-0.05, 0) is 157 Å². The second-order valence-corrected chi connectivity index (χ2v) is 25.3. The number of fused-ring (bicyclic) bond motifs is 3. The van der Waals surface area contributed by atoms with Crippen LogP contribution < -0.4 is 29.0 Å². The average Bonchev–Trinajstić information content (AvgIpc) is 2.79. The Bertz CT molecular complexity index is 3090. The predicted octanol–water partition coefficient (Wildman–Crippen LogP) is 15.3. The summed E-state index contributed by atoms with van der Waals surface area (Å²) in [7, 11) is -0.384. The highest BCUT2D eigenvalue weighted by atomic mass is 31.2. The molecule has 1 atom stereocenters. The van der Waals surface area contributed by atoms with Gasteiger partial charge in [-0.25, -0.2) is 0 Å². The number of aromatic nitrogens is 2. The number of methoxy groups -OCH3 is 1. The fourth-order valence-corrected chi connectivity index (χ4v) is 13.9. The number of hydrogen-bond acceptors (Lipinski definition) is 11. The number of carbonyl (C=O) groups excluding carboxylic acids is 1. The minimum atomic E-state index is -3.08. The van der Waals surface area contributed by atoms with E-state index in [1.54, 1.807) is 7.11 Å². The molecule has 1 unspecified atom stereocenters. The summed E-state index contributed by atoms with van der Waals surface area (Å²) in [6.45, 7) is 21.8. The lowest BCUT2D eigenvalue weighted by Gasteiger charge is -2.31. The van der Waals surface area contributed by atoms with Gasteiger partial charge in [0.25, 0.3) is 0 Å². The van der Waals surface area contributed by atoms with Crippen LogP contribution in [0.2, 0.25) is 0 Å². The van der Waals surface area contributed by atoms with Gasteiger partial charge in [0.1, 0.15) is 18.8 Å². The number of carbonyl (C=O) groups is 1. The molecule has 0 saturated heterocycles.